The molecule has 4 heteroatoms. The van der Waals surface area contributed by atoms with E-state index in [4.69, 9.17) is 14.9 Å². The molecule has 62 valence electrons. The van der Waals surface area contributed by atoms with Gasteiger partial charge in [0.2, 0.25) is 0 Å². The molecule has 0 atom stereocenters. The van der Waals surface area contributed by atoms with Gasteiger partial charge in [0.1, 0.15) is 0 Å². The van der Waals surface area contributed by atoms with Gasteiger partial charge < -0.3 is 14.9 Å². The summed E-state index contributed by atoms with van der Waals surface area (Å²) in [5, 5.41) is 15.8. The molecule has 1 fully saturated rings. The second-order valence-corrected chi connectivity index (χ2v) is 1.41. The maximum atomic E-state index is 7.91. The molecule has 1 heterocycles. The molecule has 0 unspecified atom stereocenters. The largest absolute Gasteiger partial charge is 0 e. The third-order valence-electron chi connectivity index (χ3n) is 0.520. The molecule has 0 radical (unpaired) electrons. The van der Waals surface area contributed by atoms with Crippen LogP contribution in [0.15, 0.2) is 0 Å². The number of hydrogen-bond donors (Lipinski definition) is 2. The first kappa shape index (κ1) is 12.3. The summed E-state index contributed by atoms with van der Waals surface area (Å²) < 4.78 is 12.0. The summed E-state index contributed by atoms with van der Waals surface area (Å²) in [6.07, 6.45) is 0.500. The van der Waals surface area contributed by atoms with Crippen molar-refractivity contribution in [3.63, 3.8) is 0 Å². The number of epoxide rings is 1. The molecule has 1 aliphatic heterocycles. The first-order chi connectivity index (χ1) is 4.91. The van der Waals surface area contributed by atoms with Gasteiger partial charge in [-0.1, -0.05) is 0 Å². The molecule has 1 aliphatic rings. The normalized spacial score (nSPS) is 11.6. The predicted octanol–water partition coefficient (Wildman–Crippen LogP) is -0.414. The van der Waals surface area contributed by atoms with E-state index in [9.17, 15) is 0 Å². The zero-order valence-corrected chi connectivity index (χ0v) is 5.75. The van der Waals surface area contributed by atoms with Crippen LogP contribution in [0, 0.1) is 6.65 Å². The van der Waals surface area contributed by atoms with Crippen LogP contribution >= 0.6 is 0 Å². The Morgan fingerprint density at radius 1 is 1.30 bits per heavy atom. The van der Waals surface area contributed by atoms with Crippen molar-refractivity contribution in [1.29, 1.82) is 0 Å². The molecule has 0 aromatic carbocycles. The number of aliphatic hydroxyl groups excluding tert-OH is 2. The third-order valence-corrected chi connectivity index (χ3v) is 0.520. The minimum absolute atomic E-state index is 0. The molecular weight excluding hydrogens is 136 g/mol. The Balaban J connectivity index is -0.0000000922. The van der Waals surface area contributed by atoms with Gasteiger partial charge in [0, 0.05) is 14.6 Å². The first-order valence-corrected chi connectivity index (χ1v) is 2.91. The Kier molecular flexibility index (Phi) is 19.5. The van der Waals surface area contributed by atoms with E-state index < -0.39 is 0 Å². The number of hydrogen-bond acceptors (Lipinski definition) is 3. The van der Waals surface area contributed by atoms with Crippen molar-refractivity contribution in [2.75, 3.05) is 26.4 Å². The monoisotopic (exact) mass is 150 g/mol. The average Bonchev–Trinajstić information content (AvgIpc) is 2.79. The Morgan fingerprint density at radius 3 is 1.60 bits per heavy atom. The summed E-state index contributed by atoms with van der Waals surface area (Å²) in [6.45, 7) is 6.69. The van der Waals surface area contributed by atoms with Crippen molar-refractivity contribution in [3.05, 3.63) is 6.65 Å². The standard InChI is InChI=1S/C3H8O2.C2H4O.CO.H2/c4-2-1-3-5;1-2-3-1;1-2;/h4-5H,1-3H2;1-2H2;;1H. The number of ether oxygens (including phenoxy) is 1. The van der Waals surface area contributed by atoms with Gasteiger partial charge in [0.25, 0.3) is 0 Å². The predicted molar refractivity (Wildman–Crippen MR) is 35.7 cm³/mol. The SMILES string of the molecule is C1CO1.OCCCO.[C-]#[O+].[HH]. The van der Waals surface area contributed by atoms with E-state index in [0.717, 1.165) is 13.2 Å². The Hall–Kier alpha value is -0.380. The molecule has 4 nitrogen and oxygen atoms in total. The average molecular weight is 150 g/mol. The molecule has 0 aliphatic carbocycles. The number of aliphatic hydroxyl groups is 2. The summed E-state index contributed by atoms with van der Waals surface area (Å²) in [7, 11) is 0. The maximum Gasteiger partial charge on any atom is 0 e. The van der Waals surface area contributed by atoms with Crippen LogP contribution in [0.2, 0.25) is 0 Å². The van der Waals surface area contributed by atoms with Gasteiger partial charge in [-0.2, -0.15) is 0 Å². The van der Waals surface area contributed by atoms with Crippen LogP contribution in [0.3, 0.4) is 0 Å². The first-order valence-electron chi connectivity index (χ1n) is 2.91. The fourth-order valence-corrected chi connectivity index (χ4v) is 0.0707. The topological polar surface area (TPSA) is 72.9 Å². The van der Waals surface area contributed by atoms with Gasteiger partial charge in [0.15, 0.2) is 0 Å². The van der Waals surface area contributed by atoms with Crippen LogP contribution in [0.25, 0.3) is 0 Å². The molecule has 1 rings (SSSR count). The second kappa shape index (κ2) is 15.8. The van der Waals surface area contributed by atoms with Crippen molar-refractivity contribution in [2.24, 2.45) is 0 Å². The summed E-state index contributed by atoms with van der Waals surface area (Å²) in [4.78, 5) is 0. The van der Waals surface area contributed by atoms with E-state index in [2.05, 4.69) is 11.4 Å². The Morgan fingerprint density at radius 2 is 1.60 bits per heavy atom. The molecule has 2 N–H and O–H groups in total. The molecule has 0 aromatic heterocycles. The summed E-state index contributed by atoms with van der Waals surface area (Å²) in [6, 6.07) is 0. The molecule has 0 spiro atoms. The fourth-order valence-electron chi connectivity index (χ4n) is 0.0707. The van der Waals surface area contributed by atoms with Crippen molar-refractivity contribution < 1.29 is 21.0 Å². The zero-order chi connectivity index (χ0) is 8.24. The van der Waals surface area contributed by atoms with E-state index in [1.165, 1.54) is 0 Å². The molecule has 0 saturated carbocycles. The summed E-state index contributed by atoms with van der Waals surface area (Å²) in [5.41, 5.74) is 0. The smallest absolute Gasteiger partial charge is 0 e. The van der Waals surface area contributed by atoms with Crippen molar-refractivity contribution in [1.82, 2.24) is 0 Å². The summed E-state index contributed by atoms with van der Waals surface area (Å²) >= 11 is 0. The zero-order valence-electron chi connectivity index (χ0n) is 5.75. The molecule has 0 bridgehead atoms. The maximum absolute atomic E-state index is 7.91. The van der Waals surface area contributed by atoms with Crippen LogP contribution in [0.4, 0.5) is 0 Å². The molecular formula is C6H14O4. The molecule has 1 saturated heterocycles. The van der Waals surface area contributed by atoms with Gasteiger partial charge >= 0.3 is 11.3 Å². The van der Waals surface area contributed by atoms with Gasteiger partial charge in [0.05, 0.1) is 13.2 Å². The van der Waals surface area contributed by atoms with Crippen LogP contribution in [-0.4, -0.2) is 36.6 Å². The third kappa shape index (κ3) is 48.6. The van der Waals surface area contributed by atoms with E-state index >= 15 is 0 Å². The second-order valence-electron chi connectivity index (χ2n) is 1.41. The molecule has 10 heavy (non-hydrogen) atoms. The van der Waals surface area contributed by atoms with Gasteiger partial charge in [-0.3, -0.25) is 0 Å². The summed E-state index contributed by atoms with van der Waals surface area (Å²) in [5.74, 6) is 0. The van der Waals surface area contributed by atoms with E-state index in [1.54, 1.807) is 0 Å². The van der Waals surface area contributed by atoms with Crippen LogP contribution < -0.4 is 0 Å². The minimum Gasteiger partial charge on any atom is 0 e. The van der Waals surface area contributed by atoms with Crippen molar-refractivity contribution in [2.45, 2.75) is 6.42 Å². The van der Waals surface area contributed by atoms with Crippen molar-refractivity contribution in [3.8, 4) is 0 Å². The van der Waals surface area contributed by atoms with Crippen molar-refractivity contribution >= 4 is 0 Å². The van der Waals surface area contributed by atoms with Crippen LogP contribution in [-0.2, 0) is 9.39 Å². The van der Waals surface area contributed by atoms with Gasteiger partial charge in [-0.15, -0.1) is 0 Å². The van der Waals surface area contributed by atoms with E-state index in [-0.39, 0.29) is 14.6 Å². The Bertz CT molecular complexity index is 60.1. The van der Waals surface area contributed by atoms with Gasteiger partial charge in [-0.05, 0) is 6.42 Å². The van der Waals surface area contributed by atoms with Crippen LogP contribution in [0.1, 0.15) is 7.85 Å². The number of rotatable bonds is 2. The quantitative estimate of drug-likeness (QED) is 0.319. The minimum atomic E-state index is 0. The molecule has 0 amide bonds. The van der Waals surface area contributed by atoms with E-state index in [1.807, 2.05) is 0 Å². The Labute approximate surface area is 61.6 Å². The van der Waals surface area contributed by atoms with E-state index in [0.29, 0.717) is 6.42 Å². The van der Waals surface area contributed by atoms with Crippen LogP contribution in [0.5, 0.6) is 0 Å². The molecule has 0 aromatic rings. The van der Waals surface area contributed by atoms with Gasteiger partial charge in [-0.25, -0.2) is 0 Å². The fraction of sp³-hybridized carbons (Fsp3) is 0.833.